The molecule has 0 aromatic carbocycles. The van der Waals surface area contributed by atoms with E-state index in [1.165, 1.54) is 19.3 Å². The van der Waals surface area contributed by atoms with Crippen LogP contribution in [-0.4, -0.2) is 50.3 Å². The van der Waals surface area contributed by atoms with E-state index in [4.69, 9.17) is 9.47 Å². The standard InChI is InChI=1S/C14H25NO3/c1-15-11-5-4-6-12(15)8-10(7-11)13(16)9-14(17-2)18-3/h10-12,14H,4-9H2,1-3H3. The molecule has 2 bridgehead atoms. The lowest BCUT2D eigenvalue weighted by molar-refractivity contribution is -0.143. The summed E-state index contributed by atoms with van der Waals surface area (Å²) >= 11 is 0. The summed E-state index contributed by atoms with van der Waals surface area (Å²) in [7, 11) is 5.39. The Morgan fingerprint density at radius 1 is 1.22 bits per heavy atom. The lowest BCUT2D eigenvalue weighted by Gasteiger charge is -2.46. The third kappa shape index (κ3) is 2.92. The molecule has 2 heterocycles. The van der Waals surface area contributed by atoms with Crippen LogP contribution in [0.5, 0.6) is 0 Å². The highest BCUT2D eigenvalue weighted by Crippen LogP contribution is 2.36. The SMILES string of the molecule is COC(CC(=O)C1CC2CCCC(C1)N2C)OC. The number of nitrogens with zero attached hydrogens (tertiary/aromatic N) is 1. The fraction of sp³-hybridized carbons (Fsp3) is 0.929. The molecule has 0 aromatic heterocycles. The summed E-state index contributed by atoms with van der Waals surface area (Å²) in [6.45, 7) is 0. The molecule has 4 heteroatoms. The molecule has 4 nitrogen and oxygen atoms in total. The molecule has 0 amide bonds. The highest BCUT2D eigenvalue weighted by Gasteiger charge is 2.38. The Bertz CT molecular complexity index is 277. The van der Waals surface area contributed by atoms with Gasteiger partial charge in [0.15, 0.2) is 6.29 Å². The quantitative estimate of drug-likeness (QED) is 0.703. The van der Waals surface area contributed by atoms with E-state index in [1.54, 1.807) is 14.2 Å². The monoisotopic (exact) mass is 255 g/mol. The normalized spacial score (nSPS) is 32.8. The third-order valence-corrected chi connectivity index (χ3v) is 4.69. The van der Waals surface area contributed by atoms with Crippen LogP contribution in [0.2, 0.25) is 0 Å². The molecular formula is C14H25NO3. The first-order chi connectivity index (χ1) is 8.65. The van der Waals surface area contributed by atoms with E-state index in [2.05, 4.69) is 11.9 Å². The molecule has 2 aliphatic heterocycles. The van der Waals surface area contributed by atoms with E-state index in [1.807, 2.05) is 0 Å². The summed E-state index contributed by atoms with van der Waals surface area (Å²) in [6.07, 6.45) is 5.86. The van der Waals surface area contributed by atoms with Crippen LogP contribution in [0.4, 0.5) is 0 Å². The molecule has 2 rings (SSSR count). The molecule has 0 aliphatic carbocycles. The second kappa shape index (κ2) is 6.13. The van der Waals surface area contributed by atoms with Crippen LogP contribution in [-0.2, 0) is 14.3 Å². The van der Waals surface area contributed by atoms with Crippen molar-refractivity contribution in [2.45, 2.75) is 56.9 Å². The minimum absolute atomic E-state index is 0.212. The van der Waals surface area contributed by atoms with Crippen LogP contribution in [0, 0.1) is 5.92 Å². The fourth-order valence-electron chi connectivity index (χ4n) is 3.47. The predicted octanol–water partition coefficient (Wildman–Crippen LogP) is 1.83. The van der Waals surface area contributed by atoms with Crippen LogP contribution in [0.1, 0.15) is 38.5 Å². The Labute approximate surface area is 110 Å². The Morgan fingerprint density at radius 2 is 1.78 bits per heavy atom. The molecule has 0 saturated carbocycles. The van der Waals surface area contributed by atoms with Crippen molar-refractivity contribution in [3.05, 3.63) is 0 Å². The minimum Gasteiger partial charge on any atom is -0.355 e. The lowest BCUT2D eigenvalue weighted by Crippen LogP contribution is -2.51. The zero-order valence-corrected chi connectivity index (χ0v) is 11.7. The topological polar surface area (TPSA) is 38.8 Å². The van der Waals surface area contributed by atoms with Crippen LogP contribution < -0.4 is 0 Å². The first-order valence-electron chi connectivity index (χ1n) is 6.96. The van der Waals surface area contributed by atoms with Gasteiger partial charge in [-0.1, -0.05) is 6.42 Å². The maximum Gasteiger partial charge on any atom is 0.163 e. The summed E-state index contributed by atoms with van der Waals surface area (Å²) in [4.78, 5) is 14.8. The molecule has 2 fully saturated rings. The number of hydrogen-bond donors (Lipinski definition) is 0. The number of ketones is 1. The predicted molar refractivity (Wildman–Crippen MR) is 69.3 cm³/mol. The van der Waals surface area contributed by atoms with Crippen LogP contribution in [0.15, 0.2) is 0 Å². The van der Waals surface area contributed by atoms with Crippen LogP contribution in [0.25, 0.3) is 0 Å². The number of fused-ring (bicyclic) bond motifs is 2. The van der Waals surface area contributed by atoms with E-state index in [9.17, 15) is 4.79 Å². The number of rotatable bonds is 5. The summed E-state index contributed by atoms with van der Waals surface area (Å²) in [5, 5.41) is 0. The van der Waals surface area contributed by atoms with Crippen molar-refractivity contribution in [1.82, 2.24) is 4.90 Å². The van der Waals surface area contributed by atoms with Crippen molar-refractivity contribution in [2.24, 2.45) is 5.92 Å². The number of carbonyl (C=O) groups is 1. The number of ether oxygens (including phenoxy) is 2. The highest BCUT2D eigenvalue weighted by atomic mass is 16.7. The van der Waals surface area contributed by atoms with Gasteiger partial charge < -0.3 is 14.4 Å². The zero-order valence-electron chi connectivity index (χ0n) is 11.7. The molecule has 0 aromatic rings. The van der Waals surface area contributed by atoms with E-state index in [0.717, 1.165) is 12.8 Å². The molecular weight excluding hydrogens is 230 g/mol. The van der Waals surface area contributed by atoms with Gasteiger partial charge in [0.1, 0.15) is 5.78 Å². The van der Waals surface area contributed by atoms with E-state index < -0.39 is 0 Å². The van der Waals surface area contributed by atoms with Crippen molar-refractivity contribution >= 4 is 5.78 Å². The molecule has 104 valence electrons. The number of piperidine rings is 2. The summed E-state index contributed by atoms with van der Waals surface area (Å²) in [6, 6.07) is 1.21. The van der Waals surface area contributed by atoms with Gasteiger partial charge in [-0.15, -0.1) is 0 Å². The van der Waals surface area contributed by atoms with Gasteiger partial charge in [-0.05, 0) is 32.7 Å². The summed E-state index contributed by atoms with van der Waals surface area (Å²) in [5.74, 6) is 0.526. The fourth-order valence-corrected chi connectivity index (χ4v) is 3.47. The van der Waals surface area contributed by atoms with Gasteiger partial charge >= 0.3 is 0 Å². The van der Waals surface area contributed by atoms with Crippen molar-refractivity contribution in [1.29, 1.82) is 0 Å². The molecule has 0 spiro atoms. The summed E-state index contributed by atoms with van der Waals surface area (Å²) in [5.41, 5.74) is 0. The third-order valence-electron chi connectivity index (χ3n) is 4.69. The van der Waals surface area contributed by atoms with Crippen molar-refractivity contribution in [3.63, 3.8) is 0 Å². The number of carbonyl (C=O) groups excluding carboxylic acids is 1. The van der Waals surface area contributed by atoms with Gasteiger partial charge in [-0.25, -0.2) is 0 Å². The second-order valence-corrected chi connectivity index (χ2v) is 5.64. The number of hydrogen-bond acceptors (Lipinski definition) is 4. The molecule has 2 aliphatic rings. The number of methoxy groups -OCH3 is 2. The van der Waals surface area contributed by atoms with Gasteiger partial charge in [-0.3, -0.25) is 4.79 Å². The first-order valence-corrected chi connectivity index (χ1v) is 6.96. The molecule has 2 unspecified atom stereocenters. The van der Waals surface area contributed by atoms with E-state index >= 15 is 0 Å². The highest BCUT2D eigenvalue weighted by molar-refractivity contribution is 5.81. The molecule has 2 atom stereocenters. The van der Waals surface area contributed by atoms with Crippen molar-refractivity contribution in [2.75, 3.05) is 21.3 Å². The Kier molecular flexibility index (Phi) is 4.76. The maximum atomic E-state index is 12.3. The molecule has 18 heavy (non-hydrogen) atoms. The van der Waals surface area contributed by atoms with Crippen LogP contribution in [0.3, 0.4) is 0 Å². The Hall–Kier alpha value is -0.450. The van der Waals surface area contributed by atoms with Gasteiger partial charge in [0, 0.05) is 32.2 Å². The van der Waals surface area contributed by atoms with Crippen molar-refractivity contribution < 1.29 is 14.3 Å². The average Bonchev–Trinajstić information content (AvgIpc) is 2.35. The Morgan fingerprint density at radius 3 is 2.28 bits per heavy atom. The maximum absolute atomic E-state index is 12.3. The second-order valence-electron chi connectivity index (χ2n) is 5.64. The van der Waals surface area contributed by atoms with E-state index in [-0.39, 0.29) is 12.2 Å². The minimum atomic E-state index is -0.378. The largest absolute Gasteiger partial charge is 0.355 e. The Balaban J connectivity index is 1.92. The van der Waals surface area contributed by atoms with Gasteiger partial charge in [0.2, 0.25) is 0 Å². The van der Waals surface area contributed by atoms with Crippen molar-refractivity contribution in [3.8, 4) is 0 Å². The van der Waals surface area contributed by atoms with Gasteiger partial charge in [0.05, 0.1) is 6.42 Å². The molecule has 2 saturated heterocycles. The van der Waals surface area contributed by atoms with Gasteiger partial charge in [-0.2, -0.15) is 0 Å². The first kappa shape index (κ1) is 14.0. The zero-order chi connectivity index (χ0) is 13.1. The summed E-state index contributed by atoms with van der Waals surface area (Å²) < 4.78 is 10.2. The smallest absolute Gasteiger partial charge is 0.163 e. The molecule has 0 N–H and O–H groups in total. The molecule has 0 radical (unpaired) electrons. The lowest BCUT2D eigenvalue weighted by atomic mass is 9.76. The number of Topliss-reactive ketones (excluding diaryl/α,β-unsaturated/α-hetero) is 1. The van der Waals surface area contributed by atoms with Crippen LogP contribution >= 0.6 is 0 Å². The average molecular weight is 255 g/mol. The van der Waals surface area contributed by atoms with E-state index in [0.29, 0.717) is 24.3 Å². The van der Waals surface area contributed by atoms with Gasteiger partial charge in [0.25, 0.3) is 0 Å².